The number of benzene rings is 1. The van der Waals surface area contributed by atoms with Gasteiger partial charge < -0.3 is 5.32 Å². The van der Waals surface area contributed by atoms with E-state index in [2.05, 4.69) is 5.32 Å². The summed E-state index contributed by atoms with van der Waals surface area (Å²) in [7, 11) is -3.13. The normalized spacial score (nSPS) is 25.2. The summed E-state index contributed by atoms with van der Waals surface area (Å²) in [5.74, 6) is -1.45. The maximum absolute atomic E-state index is 13.6. The van der Waals surface area contributed by atoms with Gasteiger partial charge in [0, 0.05) is 5.02 Å². The molecule has 0 aliphatic carbocycles. The van der Waals surface area contributed by atoms with E-state index in [9.17, 15) is 17.6 Å². The second-order valence-electron chi connectivity index (χ2n) is 4.98. The van der Waals surface area contributed by atoms with Crippen LogP contribution in [0.15, 0.2) is 18.2 Å². The lowest BCUT2D eigenvalue weighted by atomic mass is 10.0. The summed E-state index contributed by atoms with van der Waals surface area (Å²) in [6, 6.07) is 3.73. The van der Waals surface area contributed by atoms with Gasteiger partial charge in [0.1, 0.15) is 5.82 Å². The van der Waals surface area contributed by atoms with Crippen molar-refractivity contribution in [1.82, 2.24) is 5.32 Å². The molecule has 1 fully saturated rings. The molecular weight excluding hydrogens is 293 g/mol. The first kappa shape index (κ1) is 14.3. The van der Waals surface area contributed by atoms with Crippen LogP contribution in [-0.2, 0) is 9.84 Å². The van der Waals surface area contributed by atoms with Crippen LogP contribution in [0.5, 0.6) is 0 Å². The standard InChI is InChI=1S/C12H13ClFNO3S/c1-12(4-5-19(17,18)7-12)15-11(16)9-3-2-8(13)6-10(9)14/h2-3,6H,4-5,7H2,1H3,(H,15,16)/t12-/m0/s1. The van der Waals surface area contributed by atoms with Crippen molar-refractivity contribution in [3.63, 3.8) is 0 Å². The fraction of sp³-hybridized carbons (Fsp3) is 0.417. The topological polar surface area (TPSA) is 63.2 Å². The molecule has 7 heteroatoms. The van der Waals surface area contributed by atoms with Crippen molar-refractivity contribution in [2.45, 2.75) is 18.9 Å². The first-order chi connectivity index (χ1) is 8.71. The van der Waals surface area contributed by atoms with Gasteiger partial charge in [0.05, 0.1) is 22.6 Å². The molecule has 1 aliphatic rings. The molecule has 1 aliphatic heterocycles. The molecule has 1 aromatic carbocycles. The number of rotatable bonds is 2. The third-order valence-corrected chi connectivity index (χ3v) is 5.23. The predicted molar refractivity (Wildman–Crippen MR) is 70.6 cm³/mol. The second kappa shape index (κ2) is 4.76. The van der Waals surface area contributed by atoms with Gasteiger partial charge in [0.25, 0.3) is 5.91 Å². The van der Waals surface area contributed by atoms with Crippen molar-refractivity contribution < 1.29 is 17.6 Å². The lowest BCUT2D eigenvalue weighted by Gasteiger charge is -2.24. The Morgan fingerprint density at radius 3 is 2.68 bits per heavy atom. The highest BCUT2D eigenvalue weighted by atomic mass is 35.5. The fourth-order valence-corrected chi connectivity index (χ4v) is 4.38. The van der Waals surface area contributed by atoms with E-state index in [0.29, 0.717) is 6.42 Å². The molecule has 4 nitrogen and oxygen atoms in total. The van der Waals surface area contributed by atoms with E-state index in [-0.39, 0.29) is 22.1 Å². The Balaban J connectivity index is 2.18. The Bertz CT molecular complexity index is 632. The van der Waals surface area contributed by atoms with Crippen molar-refractivity contribution in [1.29, 1.82) is 0 Å². The number of sulfone groups is 1. The van der Waals surface area contributed by atoms with Crippen LogP contribution in [0.2, 0.25) is 5.02 Å². The SMILES string of the molecule is C[C@]1(NC(=O)c2ccc(Cl)cc2F)CCS(=O)(=O)C1. The summed E-state index contributed by atoms with van der Waals surface area (Å²) >= 11 is 5.61. The Hall–Kier alpha value is -1.14. The maximum Gasteiger partial charge on any atom is 0.254 e. The van der Waals surface area contributed by atoms with Gasteiger partial charge in [-0.25, -0.2) is 12.8 Å². The summed E-state index contributed by atoms with van der Waals surface area (Å²) in [5.41, 5.74) is -0.989. The molecule has 2 rings (SSSR count). The third-order valence-electron chi connectivity index (χ3n) is 3.09. The van der Waals surface area contributed by atoms with Gasteiger partial charge in [-0.2, -0.15) is 0 Å². The fourth-order valence-electron chi connectivity index (χ4n) is 2.12. The largest absolute Gasteiger partial charge is 0.346 e. The molecule has 104 valence electrons. The number of hydrogen-bond acceptors (Lipinski definition) is 3. The zero-order valence-electron chi connectivity index (χ0n) is 10.2. The maximum atomic E-state index is 13.6. The van der Waals surface area contributed by atoms with E-state index in [0.717, 1.165) is 6.07 Å². The van der Waals surface area contributed by atoms with Crippen LogP contribution in [0.1, 0.15) is 23.7 Å². The molecule has 1 saturated heterocycles. The zero-order valence-corrected chi connectivity index (χ0v) is 11.8. The van der Waals surface area contributed by atoms with Crippen molar-refractivity contribution in [2.75, 3.05) is 11.5 Å². The Morgan fingerprint density at radius 1 is 1.47 bits per heavy atom. The van der Waals surface area contributed by atoms with Crippen LogP contribution in [0.4, 0.5) is 4.39 Å². The number of halogens is 2. The molecular formula is C12H13ClFNO3S. The molecule has 0 unspecified atom stereocenters. The van der Waals surface area contributed by atoms with Crippen LogP contribution >= 0.6 is 11.6 Å². The highest BCUT2D eigenvalue weighted by Gasteiger charge is 2.39. The van der Waals surface area contributed by atoms with E-state index in [1.807, 2.05) is 0 Å². The lowest BCUT2D eigenvalue weighted by molar-refractivity contribution is 0.0911. The molecule has 0 aromatic heterocycles. The zero-order chi connectivity index (χ0) is 14.3. The molecule has 1 atom stereocenters. The Labute approximate surface area is 115 Å². The van der Waals surface area contributed by atoms with Crippen LogP contribution in [0.25, 0.3) is 0 Å². The van der Waals surface area contributed by atoms with Crippen molar-refractivity contribution in [2.24, 2.45) is 0 Å². The summed E-state index contributed by atoms with van der Waals surface area (Å²) in [6.07, 6.45) is 0.330. The highest BCUT2D eigenvalue weighted by Crippen LogP contribution is 2.24. The lowest BCUT2D eigenvalue weighted by Crippen LogP contribution is -2.47. The summed E-state index contributed by atoms with van der Waals surface area (Å²) in [6.45, 7) is 1.64. The second-order valence-corrected chi connectivity index (χ2v) is 7.60. The molecule has 0 spiro atoms. The van der Waals surface area contributed by atoms with Gasteiger partial charge in [0.15, 0.2) is 9.84 Å². The molecule has 1 amide bonds. The van der Waals surface area contributed by atoms with E-state index in [4.69, 9.17) is 11.6 Å². The molecule has 1 N–H and O–H groups in total. The van der Waals surface area contributed by atoms with Crippen molar-refractivity contribution in [3.05, 3.63) is 34.6 Å². The molecule has 1 aromatic rings. The predicted octanol–water partition coefficient (Wildman–Crippen LogP) is 1.79. The Kier molecular flexibility index (Phi) is 3.57. The summed E-state index contributed by atoms with van der Waals surface area (Å²) < 4.78 is 36.5. The quantitative estimate of drug-likeness (QED) is 0.906. The van der Waals surface area contributed by atoms with Gasteiger partial charge in [-0.15, -0.1) is 0 Å². The van der Waals surface area contributed by atoms with E-state index in [1.54, 1.807) is 6.92 Å². The number of amides is 1. The van der Waals surface area contributed by atoms with E-state index in [1.165, 1.54) is 12.1 Å². The average molecular weight is 306 g/mol. The first-order valence-electron chi connectivity index (χ1n) is 5.69. The minimum Gasteiger partial charge on any atom is -0.346 e. The van der Waals surface area contributed by atoms with E-state index < -0.39 is 27.1 Å². The first-order valence-corrected chi connectivity index (χ1v) is 7.89. The minimum atomic E-state index is -3.13. The number of nitrogens with one attached hydrogen (secondary N) is 1. The van der Waals surface area contributed by atoms with Crippen LogP contribution in [-0.4, -0.2) is 31.4 Å². The van der Waals surface area contributed by atoms with Crippen molar-refractivity contribution in [3.8, 4) is 0 Å². The molecule has 0 saturated carbocycles. The molecule has 0 bridgehead atoms. The van der Waals surface area contributed by atoms with Crippen molar-refractivity contribution >= 4 is 27.3 Å². The summed E-state index contributed by atoms with van der Waals surface area (Å²) in [5, 5.41) is 2.78. The minimum absolute atomic E-state index is 0.0346. The van der Waals surface area contributed by atoms with Gasteiger partial charge in [-0.05, 0) is 31.5 Å². The van der Waals surface area contributed by atoms with Crippen LogP contribution in [0.3, 0.4) is 0 Å². The van der Waals surface area contributed by atoms with Crippen LogP contribution in [0, 0.1) is 5.82 Å². The molecule has 19 heavy (non-hydrogen) atoms. The number of carbonyl (C=O) groups excluding carboxylic acids is 1. The smallest absolute Gasteiger partial charge is 0.254 e. The van der Waals surface area contributed by atoms with Gasteiger partial charge in [-0.1, -0.05) is 11.6 Å². The van der Waals surface area contributed by atoms with Crippen LogP contribution < -0.4 is 5.32 Å². The third kappa shape index (κ3) is 3.25. The Morgan fingerprint density at radius 2 is 2.16 bits per heavy atom. The number of hydrogen-bond donors (Lipinski definition) is 1. The van der Waals surface area contributed by atoms with E-state index >= 15 is 0 Å². The number of carbonyl (C=O) groups is 1. The average Bonchev–Trinajstić information content (AvgIpc) is 2.52. The van der Waals surface area contributed by atoms with Gasteiger partial charge >= 0.3 is 0 Å². The summed E-state index contributed by atoms with van der Waals surface area (Å²) in [4.78, 5) is 12.0. The van der Waals surface area contributed by atoms with Gasteiger partial charge in [-0.3, -0.25) is 4.79 Å². The highest BCUT2D eigenvalue weighted by molar-refractivity contribution is 7.91. The monoisotopic (exact) mass is 305 g/mol. The van der Waals surface area contributed by atoms with Gasteiger partial charge in [0.2, 0.25) is 0 Å². The molecule has 0 radical (unpaired) electrons. The molecule has 1 heterocycles.